The molecule has 0 unspecified atom stereocenters. The van der Waals surface area contributed by atoms with Gasteiger partial charge in [-0.3, -0.25) is 0 Å². The van der Waals surface area contributed by atoms with Crippen molar-refractivity contribution >= 4 is 39.9 Å². The molecule has 2 rings (SSSR count). The van der Waals surface area contributed by atoms with Crippen LogP contribution in [0.25, 0.3) is 0 Å². The van der Waals surface area contributed by atoms with Gasteiger partial charge in [0.2, 0.25) is 0 Å². The molecule has 6 heteroatoms. The maximum Gasteiger partial charge on any atom is 0.321 e. The Hall–Kier alpha value is -1.08. The van der Waals surface area contributed by atoms with Crippen LogP contribution in [0.4, 0.5) is 5.69 Å². The molecule has 0 aliphatic heterocycles. The summed E-state index contributed by atoms with van der Waals surface area (Å²) in [5.74, 6) is 0.556. The van der Waals surface area contributed by atoms with Gasteiger partial charge < -0.3 is 10.5 Å². The number of hydrogen-bond donors (Lipinski definition) is 1. The fourth-order valence-corrected chi connectivity index (χ4v) is 1.48. The molecule has 0 spiro atoms. The van der Waals surface area contributed by atoms with Crippen LogP contribution in [0.5, 0.6) is 11.8 Å². The van der Waals surface area contributed by atoms with E-state index >= 15 is 0 Å². The van der Waals surface area contributed by atoms with E-state index in [2.05, 4.69) is 32.6 Å². The number of nitrogens with zero attached hydrogens (tertiary/aromatic N) is 2. The van der Waals surface area contributed by atoms with Gasteiger partial charge in [-0.05, 0) is 34.7 Å². The van der Waals surface area contributed by atoms with Gasteiger partial charge in [0.05, 0.1) is 10.7 Å². The minimum Gasteiger partial charge on any atom is -0.424 e. The first-order valence-electron chi connectivity index (χ1n) is 4.35. The van der Waals surface area contributed by atoms with Crippen LogP contribution in [0, 0.1) is 3.57 Å². The number of nitrogen functional groups attached to an aromatic ring is 1. The zero-order chi connectivity index (χ0) is 11.5. The zero-order valence-electron chi connectivity index (χ0n) is 8.02. The predicted molar refractivity (Wildman–Crippen MR) is 70.7 cm³/mol. The standard InChI is InChI=1S/C10H7ClIN3O/c11-8-3-7(1-2-9(8)13)16-10-14-4-6(12)5-15-10/h1-5H,13H2. The highest BCUT2D eigenvalue weighted by atomic mass is 127. The number of rotatable bonds is 2. The first-order valence-corrected chi connectivity index (χ1v) is 5.81. The van der Waals surface area contributed by atoms with Crippen molar-refractivity contribution in [3.63, 3.8) is 0 Å². The third-order valence-electron chi connectivity index (χ3n) is 1.78. The summed E-state index contributed by atoms with van der Waals surface area (Å²) in [5, 5.41) is 0.447. The fourth-order valence-electron chi connectivity index (χ4n) is 1.03. The molecule has 0 amide bonds. The number of halogens is 2. The van der Waals surface area contributed by atoms with Gasteiger partial charge in [0, 0.05) is 22.0 Å². The number of aromatic nitrogens is 2. The highest BCUT2D eigenvalue weighted by Gasteiger charge is 2.02. The van der Waals surface area contributed by atoms with E-state index in [1.807, 2.05) is 0 Å². The van der Waals surface area contributed by atoms with Crippen LogP contribution >= 0.6 is 34.2 Å². The van der Waals surface area contributed by atoms with Gasteiger partial charge in [0.25, 0.3) is 0 Å². The Bertz CT molecular complexity index is 504. The topological polar surface area (TPSA) is 61.0 Å². The summed E-state index contributed by atoms with van der Waals surface area (Å²) < 4.78 is 6.35. The molecule has 2 aromatic rings. The quantitative estimate of drug-likeness (QED) is 0.670. The van der Waals surface area contributed by atoms with Crippen molar-refractivity contribution in [2.45, 2.75) is 0 Å². The van der Waals surface area contributed by atoms with E-state index in [1.54, 1.807) is 30.6 Å². The lowest BCUT2D eigenvalue weighted by molar-refractivity contribution is 0.441. The Kier molecular flexibility index (Phi) is 3.45. The van der Waals surface area contributed by atoms with E-state index in [9.17, 15) is 0 Å². The Labute approximate surface area is 111 Å². The van der Waals surface area contributed by atoms with Crippen molar-refractivity contribution in [1.29, 1.82) is 0 Å². The van der Waals surface area contributed by atoms with Gasteiger partial charge in [0.1, 0.15) is 5.75 Å². The summed E-state index contributed by atoms with van der Waals surface area (Å²) in [5.41, 5.74) is 6.09. The molecule has 1 aromatic carbocycles. The molecule has 0 radical (unpaired) electrons. The average molecular weight is 348 g/mol. The molecule has 0 atom stereocenters. The van der Waals surface area contributed by atoms with Crippen molar-refractivity contribution in [3.05, 3.63) is 39.2 Å². The molecular weight excluding hydrogens is 340 g/mol. The van der Waals surface area contributed by atoms with E-state index in [0.29, 0.717) is 16.5 Å². The third kappa shape index (κ3) is 2.73. The SMILES string of the molecule is Nc1ccc(Oc2ncc(I)cn2)cc1Cl. The molecule has 0 bridgehead atoms. The second-order valence-electron chi connectivity index (χ2n) is 2.97. The molecule has 0 fully saturated rings. The van der Waals surface area contributed by atoms with E-state index in [4.69, 9.17) is 22.1 Å². The average Bonchev–Trinajstić information content (AvgIpc) is 2.27. The van der Waals surface area contributed by atoms with Crippen molar-refractivity contribution in [2.75, 3.05) is 5.73 Å². The van der Waals surface area contributed by atoms with Gasteiger partial charge in [-0.1, -0.05) is 11.6 Å². The third-order valence-corrected chi connectivity index (χ3v) is 2.66. The summed E-state index contributed by atoms with van der Waals surface area (Å²) in [6, 6.07) is 5.28. The zero-order valence-corrected chi connectivity index (χ0v) is 10.9. The predicted octanol–water partition coefficient (Wildman–Crippen LogP) is 3.11. The summed E-state index contributed by atoms with van der Waals surface area (Å²) in [7, 11) is 0. The number of ether oxygens (including phenoxy) is 1. The smallest absolute Gasteiger partial charge is 0.321 e. The van der Waals surface area contributed by atoms with E-state index in [-0.39, 0.29) is 6.01 Å². The number of anilines is 1. The van der Waals surface area contributed by atoms with E-state index < -0.39 is 0 Å². The molecule has 0 aliphatic carbocycles. The van der Waals surface area contributed by atoms with E-state index in [1.165, 1.54) is 0 Å². The van der Waals surface area contributed by atoms with Crippen molar-refractivity contribution in [1.82, 2.24) is 9.97 Å². The van der Waals surface area contributed by atoms with Crippen LogP contribution < -0.4 is 10.5 Å². The fraction of sp³-hybridized carbons (Fsp3) is 0. The van der Waals surface area contributed by atoms with Gasteiger partial charge in [-0.15, -0.1) is 0 Å². The van der Waals surface area contributed by atoms with Gasteiger partial charge in [0.15, 0.2) is 0 Å². The lowest BCUT2D eigenvalue weighted by atomic mass is 10.3. The highest BCUT2D eigenvalue weighted by molar-refractivity contribution is 14.1. The Morgan fingerprint density at radius 3 is 2.56 bits per heavy atom. The minimum absolute atomic E-state index is 0.279. The van der Waals surface area contributed by atoms with Crippen molar-refractivity contribution in [3.8, 4) is 11.8 Å². The van der Waals surface area contributed by atoms with Gasteiger partial charge in [-0.2, -0.15) is 0 Å². The molecule has 82 valence electrons. The summed E-state index contributed by atoms with van der Waals surface area (Å²) in [6.45, 7) is 0. The van der Waals surface area contributed by atoms with Gasteiger partial charge in [-0.25, -0.2) is 9.97 Å². The molecule has 2 N–H and O–H groups in total. The second kappa shape index (κ2) is 4.84. The van der Waals surface area contributed by atoms with Crippen molar-refractivity contribution < 1.29 is 4.74 Å². The second-order valence-corrected chi connectivity index (χ2v) is 4.62. The first-order chi connectivity index (χ1) is 7.65. The van der Waals surface area contributed by atoms with Crippen LogP contribution in [0.2, 0.25) is 5.02 Å². The van der Waals surface area contributed by atoms with Gasteiger partial charge >= 0.3 is 6.01 Å². The molecule has 1 heterocycles. The molecule has 1 aromatic heterocycles. The lowest BCUT2D eigenvalue weighted by Gasteiger charge is -2.04. The largest absolute Gasteiger partial charge is 0.424 e. The number of hydrogen-bond acceptors (Lipinski definition) is 4. The van der Waals surface area contributed by atoms with E-state index in [0.717, 1.165) is 3.57 Å². The number of benzene rings is 1. The van der Waals surface area contributed by atoms with Crippen molar-refractivity contribution in [2.24, 2.45) is 0 Å². The molecule has 16 heavy (non-hydrogen) atoms. The number of nitrogens with two attached hydrogens (primary N) is 1. The molecule has 0 saturated heterocycles. The summed E-state index contributed by atoms with van der Waals surface area (Å²) >= 11 is 7.98. The first kappa shape index (κ1) is 11.4. The summed E-state index contributed by atoms with van der Waals surface area (Å²) in [6.07, 6.45) is 3.34. The molecule has 0 aliphatic rings. The normalized spacial score (nSPS) is 10.1. The Morgan fingerprint density at radius 2 is 1.94 bits per heavy atom. The maximum absolute atomic E-state index is 5.86. The maximum atomic E-state index is 5.86. The lowest BCUT2D eigenvalue weighted by Crippen LogP contribution is -1.92. The van der Waals surface area contributed by atoms with Crippen LogP contribution in [0.3, 0.4) is 0 Å². The monoisotopic (exact) mass is 347 g/mol. The summed E-state index contributed by atoms with van der Waals surface area (Å²) in [4.78, 5) is 8.02. The minimum atomic E-state index is 0.279. The van der Waals surface area contributed by atoms with Crippen LogP contribution in [-0.2, 0) is 0 Å². The van der Waals surface area contributed by atoms with Crippen LogP contribution in [-0.4, -0.2) is 9.97 Å². The van der Waals surface area contributed by atoms with Crippen LogP contribution in [0.1, 0.15) is 0 Å². The molecule has 0 saturated carbocycles. The highest BCUT2D eigenvalue weighted by Crippen LogP contribution is 2.26. The Balaban J connectivity index is 2.20. The molecular formula is C10H7ClIN3O. The van der Waals surface area contributed by atoms with Crippen LogP contribution in [0.15, 0.2) is 30.6 Å². The molecule has 4 nitrogen and oxygen atoms in total. The Morgan fingerprint density at radius 1 is 1.25 bits per heavy atom.